The molecule has 0 bridgehead atoms. The molecule has 0 aromatic heterocycles. The van der Waals surface area contributed by atoms with Crippen molar-refractivity contribution in [3.8, 4) is 55.6 Å². The molecule has 0 saturated carbocycles. The predicted molar refractivity (Wildman–Crippen MR) is 259 cm³/mol. The molecule has 0 N–H and O–H groups in total. The minimum Gasteiger partial charge on any atom is -0.0622 e. The lowest BCUT2D eigenvalue weighted by Crippen LogP contribution is -1.91. The summed E-state index contributed by atoms with van der Waals surface area (Å²) >= 11 is 0. The van der Waals surface area contributed by atoms with E-state index in [1.807, 2.05) is 0 Å². The van der Waals surface area contributed by atoms with Gasteiger partial charge in [0.2, 0.25) is 0 Å². The first-order chi connectivity index (χ1) is 29.8. The van der Waals surface area contributed by atoms with Crippen LogP contribution in [0.5, 0.6) is 0 Å². The SMILES string of the molecule is c1ccc(-c2ccc3c4c(-c5ccccc5)c5cc6c7c(-c8ccccc8)ccc(-c8ccccc8)c7c7cccc(c5c(-c5ccccc5)c4c4cccc2c34)c76)cc1. The second-order valence-electron chi connectivity index (χ2n) is 16.2. The number of benzene rings is 11. The summed E-state index contributed by atoms with van der Waals surface area (Å²) in [4.78, 5) is 0. The Bertz CT molecular complexity index is 3760. The number of hydrogen-bond donors (Lipinski definition) is 0. The predicted octanol–water partition coefficient (Wildman–Crippen LogP) is 17.0. The molecule has 13 aromatic carbocycles. The van der Waals surface area contributed by atoms with Crippen LogP contribution >= 0.6 is 0 Å². The highest BCUT2D eigenvalue weighted by Crippen LogP contribution is 2.56. The lowest BCUT2D eigenvalue weighted by Gasteiger charge is -2.19. The van der Waals surface area contributed by atoms with Gasteiger partial charge in [0.05, 0.1) is 0 Å². The lowest BCUT2D eigenvalue weighted by atomic mass is 9.83. The zero-order chi connectivity index (χ0) is 39.3. The fourth-order valence-electron chi connectivity index (χ4n) is 10.8. The Balaban J connectivity index is 1.32. The number of fused-ring (bicyclic) bond motifs is 8. The van der Waals surface area contributed by atoms with Crippen molar-refractivity contribution < 1.29 is 0 Å². The third kappa shape index (κ3) is 4.62. The molecule has 60 heavy (non-hydrogen) atoms. The molecule has 0 saturated heterocycles. The third-order valence-electron chi connectivity index (χ3n) is 13.1. The summed E-state index contributed by atoms with van der Waals surface area (Å²) in [6.07, 6.45) is 0. The topological polar surface area (TPSA) is 0 Å². The molecule has 0 radical (unpaired) electrons. The first-order valence-corrected chi connectivity index (χ1v) is 20.9. The Labute approximate surface area is 347 Å². The average molecular weight is 757 g/mol. The molecule has 0 heterocycles. The summed E-state index contributed by atoms with van der Waals surface area (Å²) in [6.45, 7) is 0. The summed E-state index contributed by atoms with van der Waals surface area (Å²) in [6, 6.07) is 81.1. The van der Waals surface area contributed by atoms with E-state index in [2.05, 4.69) is 218 Å². The summed E-state index contributed by atoms with van der Waals surface area (Å²) in [7, 11) is 0. The molecule has 0 aliphatic carbocycles. The van der Waals surface area contributed by atoms with E-state index in [0.717, 1.165) is 0 Å². The second-order valence-corrected chi connectivity index (χ2v) is 16.2. The van der Waals surface area contributed by atoms with Crippen LogP contribution in [0.1, 0.15) is 0 Å². The highest BCUT2D eigenvalue weighted by Gasteiger charge is 2.28. The smallest absolute Gasteiger partial charge is 0.000719 e. The Morgan fingerprint density at radius 3 is 1.08 bits per heavy atom. The summed E-state index contributed by atoms with van der Waals surface area (Å²) in [5.74, 6) is 0. The van der Waals surface area contributed by atoms with Gasteiger partial charge in [0.15, 0.2) is 0 Å². The summed E-state index contributed by atoms with van der Waals surface area (Å²) in [5, 5.41) is 18.3. The first-order valence-electron chi connectivity index (χ1n) is 20.9. The zero-order valence-corrected chi connectivity index (χ0v) is 32.8. The van der Waals surface area contributed by atoms with Gasteiger partial charge in [-0.25, -0.2) is 0 Å². The highest BCUT2D eigenvalue weighted by molar-refractivity contribution is 6.46. The minimum atomic E-state index is 1.23. The van der Waals surface area contributed by atoms with Crippen molar-refractivity contribution in [1.29, 1.82) is 0 Å². The van der Waals surface area contributed by atoms with Crippen molar-refractivity contribution in [1.82, 2.24) is 0 Å². The van der Waals surface area contributed by atoms with Gasteiger partial charge in [-0.2, -0.15) is 0 Å². The molecule has 0 amide bonds. The Kier molecular flexibility index (Phi) is 7.11. The molecule has 0 heteroatoms. The zero-order valence-electron chi connectivity index (χ0n) is 32.8. The van der Waals surface area contributed by atoms with Gasteiger partial charge in [0.1, 0.15) is 0 Å². The molecule has 13 rings (SSSR count). The van der Waals surface area contributed by atoms with Gasteiger partial charge in [-0.3, -0.25) is 0 Å². The normalized spacial score (nSPS) is 12.0. The van der Waals surface area contributed by atoms with E-state index in [1.165, 1.54) is 131 Å². The summed E-state index contributed by atoms with van der Waals surface area (Å²) in [5.41, 5.74) is 12.6. The fraction of sp³-hybridized carbons (Fsp3) is 0. The van der Waals surface area contributed by atoms with Crippen molar-refractivity contribution in [3.05, 3.63) is 218 Å². The van der Waals surface area contributed by atoms with Crippen LogP contribution in [0.25, 0.3) is 131 Å². The van der Waals surface area contributed by atoms with Crippen LogP contribution in [-0.4, -0.2) is 0 Å². The molecule has 0 nitrogen and oxygen atoms in total. The van der Waals surface area contributed by atoms with Gasteiger partial charge < -0.3 is 0 Å². The quantitative estimate of drug-likeness (QED) is 0.153. The molecule has 0 fully saturated rings. The number of rotatable bonds is 5. The van der Waals surface area contributed by atoms with E-state index in [4.69, 9.17) is 0 Å². The highest BCUT2D eigenvalue weighted by atomic mass is 14.3. The van der Waals surface area contributed by atoms with Gasteiger partial charge in [-0.05, 0) is 137 Å². The van der Waals surface area contributed by atoms with Crippen molar-refractivity contribution in [2.75, 3.05) is 0 Å². The van der Waals surface area contributed by atoms with Gasteiger partial charge in [0, 0.05) is 0 Å². The van der Waals surface area contributed by atoms with Gasteiger partial charge in [0.25, 0.3) is 0 Å². The van der Waals surface area contributed by atoms with Crippen LogP contribution in [-0.2, 0) is 0 Å². The van der Waals surface area contributed by atoms with Gasteiger partial charge in [-0.15, -0.1) is 0 Å². The molecule has 0 aliphatic rings. The van der Waals surface area contributed by atoms with Crippen LogP contribution < -0.4 is 0 Å². The van der Waals surface area contributed by atoms with Crippen LogP contribution in [0.4, 0.5) is 0 Å². The molecular weight excluding hydrogens is 721 g/mol. The van der Waals surface area contributed by atoms with E-state index in [9.17, 15) is 0 Å². The molecular formula is C60H36. The lowest BCUT2D eigenvalue weighted by molar-refractivity contribution is 1.64. The van der Waals surface area contributed by atoms with Crippen LogP contribution in [0.15, 0.2) is 218 Å². The Hall–Kier alpha value is -7.80. The Morgan fingerprint density at radius 2 is 0.533 bits per heavy atom. The van der Waals surface area contributed by atoms with E-state index in [-0.39, 0.29) is 0 Å². The second kappa shape index (κ2) is 12.9. The maximum atomic E-state index is 2.57. The van der Waals surface area contributed by atoms with Gasteiger partial charge in [-0.1, -0.05) is 212 Å². The molecule has 0 unspecified atom stereocenters. The fourth-order valence-corrected chi connectivity index (χ4v) is 10.8. The van der Waals surface area contributed by atoms with E-state index in [0.29, 0.717) is 0 Å². The first kappa shape index (κ1) is 33.2. The molecule has 0 spiro atoms. The van der Waals surface area contributed by atoms with E-state index < -0.39 is 0 Å². The largest absolute Gasteiger partial charge is 0.0622 e. The maximum absolute atomic E-state index is 2.57. The van der Waals surface area contributed by atoms with Crippen LogP contribution in [0.3, 0.4) is 0 Å². The van der Waals surface area contributed by atoms with Crippen molar-refractivity contribution in [3.63, 3.8) is 0 Å². The standard InChI is InChI=1S/C60H36/c1-6-18-37(19-7-1)42-32-35-49-54-45(42)28-16-31-48(54)60-53(41-26-14-5-15-27-41)58-47-30-17-29-46-55(47)51(36-50(58)52(59(49)60)40-24-12-4-13-25-40)57-44(39-22-10-3-11-23-39)34-33-43(56(46)57)38-20-8-2-9-21-38/h1-36H. The van der Waals surface area contributed by atoms with Crippen LogP contribution in [0.2, 0.25) is 0 Å². The van der Waals surface area contributed by atoms with E-state index in [1.54, 1.807) is 0 Å². The monoisotopic (exact) mass is 756 g/mol. The van der Waals surface area contributed by atoms with Gasteiger partial charge >= 0.3 is 0 Å². The van der Waals surface area contributed by atoms with Crippen LogP contribution in [0, 0.1) is 0 Å². The molecule has 276 valence electrons. The third-order valence-corrected chi connectivity index (χ3v) is 13.1. The average Bonchev–Trinajstić information content (AvgIpc) is 3.84. The maximum Gasteiger partial charge on any atom is -0.000719 e. The van der Waals surface area contributed by atoms with Crippen molar-refractivity contribution in [2.24, 2.45) is 0 Å². The molecule has 13 aromatic rings. The molecule has 0 aliphatic heterocycles. The number of hydrogen-bond acceptors (Lipinski definition) is 0. The van der Waals surface area contributed by atoms with Crippen molar-refractivity contribution in [2.45, 2.75) is 0 Å². The summed E-state index contributed by atoms with van der Waals surface area (Å²) < 4.78 is 0. The molecule has 0 atom stereocenters. The Morgan fingerprint density at radius 1 is 0.167 bits per heavy atom. The minimum absolute atomic E-state index is 1.23. The van der Waals surface area contributed by atoms with E-state index >= 15 is 0 Å². The van der Waals surface area contributed by atoms with Crippen molar-refractivity contribution >= 4 is 75.4 Å².